The number of rotatable bonds is 14. The first-order valence-corrected chi connectivity index (χ1v) is 10.6. The summed E-state index contributed by atoms with van der Waals surface area (Å²) in [5.41, 5.74) is 5.43. The molecule has 0 aliphatic rings. The third kappa shape index (κ3) is 10.1. The fourth-order valence-electron chi connectivity index (χ4n) is 2.25. The first-order chi connectivity index (χ1) is 11.3. The van der Waals surface area contributed by atoms with Crippen LogP contribution < -0.4 is 11.1 Å². The number of amides is 2. The Morgan fingerprint density at radius 2 is 1.71 bits per heavy atom. The number of primary amides is 1. The minimum Gasteiger partial charge on any atom is -0.481 e. The van der Waals surface area contributed by atoms with E-state index in [0.29, 0.717) is 18.7 Å². The molecule has 0 heterocycles. The first-order valence-electron chi connectivity index (χ1n) is 8.28. The van der Waals surface area contributed by atoms with Crippen molar-refractivity contribution in [3.8, 4) is 0 Å². The Kier molecular flexibility index (Phi) is 12.9. The summed E-state index contributed by atoms with van der Waals surface area (Å²) in [6, 6.07) is 0. The Labute approximate surface area is 153 Å². The molecule has 24 heavy (non-hydrogen) atoms. The standard InChI is InChI=1S/C16H30N2O4S2/c1-4-23-7-6-18-15(20)13(10-24-5-2)9-12(14(17)19)8-11(3)16(21)22/h11-13H,4-10H2,1-3H3,(H2,17,19)(H,18,20)(H,21,22). The maximum Gasteiger partial charge on any atom is 0.306 e. The maximum absolute atomic E-state index is 12.4. The number of carbonyl (C=O) groups is 3. The highest BCUT2D eigenvalue weighted by Crippen LogP contribution is 2.23. The summed E-state index contributed by atoms with van der Waals surface area (Å²) in [6.45, 7) is 6.22. The van der Waals surface area contributed by atoms with Crippen molar-refractivity contribution < 1.29 is 19.5 Å². The van der Waals surface area contributed by atoms with Crippen LogP contribution in [0.1, 0.15) is 33.6 Å². The van der Waals surface area contributed by atoms with Gasteiger partial charge >= 0.3 is 5.97 Å². The molecule has 140 valence electrons. The Morgan fingerprint density at radius 3 is 2.21 bits per heavy atom. The van der Waals surface area contributed by atoms with Gasteiger partial charge in [0.2, 0.25) is 11.8 Å². The molecule has 3 unspecified atom stereocenters. The second kappa shape index (κ2) is 13.4. The largest absolute Gasteiger partial charge is 0.481 e. The Bertz CT molecular complexity index is 408. The molecule has 6 nitrogen and oxygen atoms in total. The van der Waals surface area contributed by atoms with E-state index in [0.717, 1.165) is 17.3 Å². The van der Waals surface area contributed by atoms with E-state index in [2.05, 4.69) is 12.2 Å². The number of carbonyl (C=O) groups excluding carboxylic acids is 2. The molecule has 0 spiro atoms. The van der Waals surface area contributed by atoms with Gasteiger partial charge in [-0.1, -0.05) is 20.8 Å². The van der Waals surface area contributed by atoms with Gasteiger partial charge in [0, 0.05) is 29.9 Å². The fourth-order valence-corrected chi connectivity index (χ4v) is 3.59. The van der Waals surface area contributed by atoms with Crippen LogP contribution in [0.15, 0.2) is 0 Å². The molecule has 0 saturated heterocycles. The van der Waals surface area contributed by atoms with E-state index in [4.69, 9.17) is 10.8 Å². The fraction of sp³-hybridized carbons (Fsp3) is 0.812. The van der Waals surface area contributed by atoms with Gasteiger partial charge in [0.15, 0.2) is 0 Å². The summed E-state index contributed by atoms with van der Waals surface area (Å²) in [7, 11) is 0. The van der Waals surface area contributed by atoms with Crippen LogP contribution in [0.4, 0.5) is 0 Å². The predicted octanol–water partition coefficient (Wildman–Crippen LogP) is 1.83. The van der Waals surface area contributed by atoms with Gasteiger partial charge in [-0.25, -0.2) is 0 Å². The van der Waals surface area contributed by atoms with Gasteiger partial charge in [0.05, 0.1) is 5.92 Å². The number of carboxylic acid groups (broad SMARTS) is 1. The molecule has 0 aliphatic heterocycles. The normalized spacial score (nSPS) is 14.6. The van der Waals surface area contributed by atoms with E-state index in [9.17, 15) is 14.4 Å². The zero-order valence-electron chi connectivity index (χ0n) is 14.7. The molecule has 0 bridgehead atoms. The second-order valence-electron chi connectivity index (χ2n) is 5.65. The van der Waals surface area contributed by atoms with Crippen molar-refractivity contribution in [3.63, 3.8) is 0 Å². The van der Waals surface area contributed by atoms with Crippen LogP contribution in [0.25, 0.3) is 0 Å². The smallest absolute Gasteiger partial charge is 0.306 e. The topological polar surface area (TPSA) is 109 Å². The van der Waals surface area contributed by atoms with Crippen molar-refractivity contribution in [2.24, 2.45) is 23.5 Å². The molecule has 3 atom stereocenters. The van der Waals surface area contributed by atoms with Gasteiger partial charge in [0.1, 0.15) is 0 Å². The van der Waals surface area contributed by atoms with Crippen molar-refractivity contribution in [1.29, 1.82) is 0 Å². The molecule has 0 radical (unpaired) electrons. The molecular weight excluding hydrogens is 348 g/mol. The molecule has 0 fully saturated rings. The molecule has 0 saturated carbocycles. The Morgan fingerprint density at radius 1 is 1.08 bits per heavy atom. The van der Waals surface area contributed by atoms with Crippen LogP contribution in [-0.2, 0) is 14.4 Å². The third-order valence-corrected chi connectivity index (χ3v) is 5.62. The highest BCUT2D eigenvalue weighted by Gasteiger charge is 2.28. The molecule has 0 aromatic heterocycles. The van der Waals surface area contributed by atoms with Crippen molar-refractivity contribution in [3.05, 3.63) is 0 Å². The minimum absolute atomic E-state index is 0.0816. The summed E-state index contributed by atoms with van der Waals surface area (Å²) < 4.78 is 0. The molecule has 0 aromatic rings. The molecule has 4 N–H and O–H groups in total. The summed E-state index contributed by atoms with van der Waals surface area (Å²) in [6.07, 6.45) is 0.462. The van der Waals surface area contributed by atoms with E-state index in [1.807, 2.05) is 6.92 Å². The summed E-state index contributed by atoms with van der Waals surface area (Å²) in [5, 5.41) is 11.9. The van der Waals surface area contributed by atoms with E-state index in [1.54, 1.807) is 30.4 Å². The van der Waals surface area contributed by atoms with E-state index in [1.165, 1.54) is 0 Å². The van der Waals surface area contributed by atoms with Gasteiger partial charge in [-0.3, -0.25) is 14.4 Å². The lowest BCUT2D eigenvalue weighted by Gasteiger charge is -2.22. The summed E-state index contributed by atoms with van der Waals surface area (Å²) in [4.78, 5) is 35.1. The second-order valence-corrected chi connectivity index (χ2v) is 8.37. The SMILES string of the molecule is CCSCCNC(=O)C(CSCC)CC(CC(C)C(=O)O)C(N)=O. The average molecular weight is 379 g/mol. The number of aliphatic carboxylic acids is 1. The number of hydrogen-bond acceptors (Lipinski definition) is 5. The number of hydrogen-bond donors (Lipinski definition) is 3. The van der Waals surface area contributed by atoms with Gasteiger partial charge in [0.25, 0.3) is 0 Å². The number of thioether (sulfide) groups is 2. The van der Waals surface area contributed by atoms with Gasteiger partial charge in [-0.15, -0.1) is 0 Å². The quantitative estimate of drug-likeness (QED) is 0.398. The Hall–Kier alpha value is -0.890. The van der Waals surface area contributed by atoms with Gasteiger partial charge in [-0.2, -0.15) is 23.5 Å². The van der Waals surface area contributed by atoms with E-state index < -0.39 is 23.7 Å². The summed E-state index contributed by atoms with van der Waals surface area (Å²) >= 11 is 3.38. The first kappa shape index (κ1) is 23.1. The third-order valence-electron chi connectivity index (χ3n) is 3.67. The van der Waals surface area contributed by atoms with Crippen molar-refractivity contribution in [2.45, 2.75) is 33.6 Å². The molecule has 0 rings (SSSR count). The monoisotopic (exact) mass is 378 g/mol. The average Bonchev–Trinajstić information content (AvgIpc) is 2.53. The number of nitrogens with one attached hydrogen (secondary N) is 1. The number of carboxylic acids is 1. The van der Waals surface area contributed by atoms with Crippen molar-refractivity contribution in [1.82, 2.24) is 5.32 Å². The predicted molar refractivity (Wildman–Crippen MR) is 101 cm³/mol. The van der Waals surface area contributed by atoms with Crippen LogP contribution in [0, 0.1) is 17.8 Å². The van der Waals surface area contributed by atoms with Crippen molar-refractivity contribution >= 4 is 41.3 Å². The molecule has 0 aromatic carbocycles. The van der Waals surface area contributed by atoms with E-state index in [-0.39, 0.29) is 18.2 Å². The van der Waals surface area contributed by atoms with Crippen LogP contribution in [-0.4, -0.2) is 52.4 Å². The lowest BCUT2D eigenvalue weighted by molar-refractivity contribution is -0.142. The van der Waals surface area contributed by atoms with Crippen LogP contribution in [0.3, 0.4) is 0 Å². The zero-order valence-corrected chi connectivity index (χ0v) is 16.4. The highest BCUT2D eigenvalue weighted by molar-refractivity contribution is 7.99. The molecule has 2 amide bonds. The highest BCUT2D eigenvalue weighted by atomic mass is 32.2. The molecule has 0 aliphatic carbocycles. The molecular formula is C16H30N2O4S2. The van der Waals surface area contributed by atoms with Crippen LogP contribution in [0.5, 0.6) is 0 Å². The van der Waals surface area contributed by atoms with Gasteiger partial charge < -0.3 is 16.2 Å². The van der Waals surface area contributed by atoms with Crippen molar-refractivity contribution in [2.75, 3.05) is 29.6 Å². The van der Waals surface area contributed by atoms with E-state index >= 15 is 0 Å². The van der Waals surface area contributed by atoms with Crippen LogP contribution in [0.2, 0.25) is 0 Å². The Balaban J connectivity index is 4.76. The maximum atomic E-state index is 12.4. The summed E-state index contributed by atoms with van der Waals surface area (Å²) in [5.74, 6) is 0.164. The lowest BCUT2D eigenvalue weighted by Crippen LogP contribution is -2.37. The van der Waals surface area contributed by atoms with Crippen LogP contribution >= 0.6 is 23.5 Å². The van der Waals surface area contributed by atoms with Gasteiger partial charge in [-0.05, 0) is 24.3 Å². The number of nitrogens with two attached hydrogens (primary N) is 1. The lowest BCUT2D eigenvalue weighted by atomic mass is 9.87. The zero-order chi connectivity index (χ0) is 18.5. The molecule has 8 heteroatoms. The minimum atomic E-state index is -0.957.